The number of hydrogen-bond acceptors (Lipinski definition) is 2. The van der Waals surface area contributed by atoms with Crippen molar-refractivity contribution in [3.05, 3.63) is 21.4 Å². The SMILES string of the molecule is Cc1[nH]c(C(=O)N2CCC(CC(C)(C)O)CC2)c(C)c1Br. The van der Waals surface area contributed by atoms with Crippen LogP contribution in [0.3, 0.4) is 0 Å². The van der Waals surface area contributed by atoms with Gasteiger partial charge in [-0.3, -0.25) is 4.79 Å². The van der Waals surface area contributed by atoms with Crippen molar-refractivity contribution in [1.29, 1.82) is 0 Å². The lowest BCUT2D eigenvalue weighted by molar-refractivity contribution is 0.0357. The third-order valence-electron chi connectivity index (χ3n) is 4.25. The number of rotatable bonds is 3. The van der Waals surface area contributed by atoms with Crippen molar-refractivity contribution in [3.63, 3.8) is 0 Å². The fourth-order valence-electron chi connectivity index (χ4n) is 3.15. The van der Waals surface area contributed by atoms with Crippen LogP contribution in [0.25, 0.3) is 0 Å². The summed E-state index contributed by atoms with van der Waals surface area (Å²) < 4.78 is 0.989. The van der Waals surface area contributed by atoms with Gasteiger partial charge in [-0.2, -0.15) is 0 Å². The maximum Gasteiger partial charge on any atom is 0.270 e. The zero-order valence-electron chi connectivity index (χ0n) is 13.3. The number of aryl methyl sites for hydroxylation is 1. The van der Waals surface area contributed by atoms with Gasteiger partial charge in [0.05, 0.1) is 5.60 Å². The molecule has 1 aliphatic heterocycles. The van der Waals surface area contributed by atoms with Crippen LogP contribution in [0.2, 0.25) is 0 Å². The van der Waals surface area contributed by atoms with Gasteiger partial charge < -0.3 is 15.0 Å². The van der Waals surface area contributed by atoms with Gasteiger partial charge in [-0.05, 0) is 74.4 Å². The van der Waals surface area contributed by atoms with Crippen LogP contribution in [0, 0.1) is 19.8 Å². The van der Waals surface area contributed by atoms with Gasteiger partial charge in [-0.15, -0.1) is 0 Å². The van der Waals surface area contributed by atoms with E-state index < -0.39 is 5.60 Å². The van der Waals surface area contributed by atoms with E-state index in [1.54, 1.807) is 0 Å². The van der Waals surface area contributed by atoms with E-state index in [9.17, 15) is 9.90 Å². The molecule has 1 aromatic rings. The number of aromatic nitrogens is 1. The van der Waals surface area contributed by atoms with E-state index in [1.165, 1.54) is 0 Å². The fourth-order valence-corrected chi connectivity index (χ4v) is 3.44. The van der Waals surface area contributed by atoms with Crippen LogP contribution in [0.15, 0.2) is 4.47 Å². The van der Waals surface area contributed by atoms with Crippen LogP contribution in [0.5, 0.6) is 0 Å². The molecular formula is C16H25BrN2O2. The van der Waals surface area contributed by atoms with Gasteiger partial charge in [0.1, 0.15) is 5.69 Å². The van der Waals surface area contributed by atoms with Crippen LogP contribution in [0.1, 0.15) is 54.9 Å². The number of carbonyl (C=O) groups excluding carboxylic acids is 1. The molecule has 118 valence electrons. The van der Waals surface area contributed by atoms with Gasteiger partial charge >= 0.3 is 0 Å². The Morgan fingerprint density at radius 2 is 1.95 bits per heavy atom. The largest absolute Gasteiger partial charge is 0.390 e. The number of aromatic amines is 1. The van der Waals surface area contributed by atoms with Crippen molar-refractivity contribution in [2.75, 3.05) is 13.1 Å². The number of carbonyl (C=O) groups is 1. The van der Waals surface area contributed by atoms with Gasteiger partial charge in [0, 0.05) is 23.3 Å². The number of aliphatic hydroxyl groups is 1. The zero-order chi connectivity index (χ0) is 15.8. The summed E-state index contributed by atoms with van der Waals surface area (Å²) in [6, 6.07) is 0. The van der Waals surface area contributed by atoms with Gasteiger partial charge in [-0.25, -0.2) is 0 Å². The van der Waals surface area contributed by atoms with Crippen molar-refractivity contribution < 1.29 is 9.90 Å². The van der Waals surface area contributed by atoms with E-state index in [0.717, 1.165) is 48.1 Å². The molecule has 0 saturated carbocycles. The minimum Gasteiger partial charge on any atom is -0.390 e. The molecule has 0 bridgehead atoms. The summed E-state index contributed by atoms with van der Waals surface area (Å²) in [4.78, 5) is 17.7. The van der Waals surface area contributed by atoms with Crippen LogP contribution in [0.4, 0.5) is 0 Å². The lowest BCUT2D eigenvalue weighted by Gasteiger charge is -2.34. The monoisotopic (exact) mass is 356 g/mol. The standard InChI is InChI=1S/C16H25BrN2O2/c1-10-13(17)11(2)18-14(10)15(20)19-7-5-12(6-8-19)9-16(3,4)21/h12,18,21H,5-9H2,1-4H3. The molecule has 4 nitrogen and oxygen atoms in total. The maximum absolute atomic E-state index is 12.6. The predicted molar refractivity (Wildman–Crippen MR) is 87.5 cm³/mol. The Morgan fingerprint density at radius 3 is 2.38 bits per heavy atom. The number of hydrogen-bond donors (Lipinski definition) is 2. The Hall–Kier alpha value is -0.810. The molecule has 0 atom stereocenters. The molecule has 21 heavy (non-hydrogen) atoms. The van der Waals surface area contributed by atoms with Gasteiger partial charge in [0.2, 0.25) is 0 Å². The molecule has 0 unspecified atom stereocenters. The Balaban J connectivity index is 1.99. The van der Waals surface area contributed by atoms with Crippen molar-refractivity contribution in [1.82, 2.24) is 9.88 Å². The molecule has 5 heteroatoms. The average molecular weight is 357 g/mol. The Bertz CT molecular complexity index is 523. The lowest BCUT2D eigenvalue weighted by atomic mass is 9.86. The number of amides is 1. The molecule has 0 spiro atoms. The van der Waals surface area contributed by atoms with Crippen molar-refractivity contribution in [3.8, 4) is 0 Å². The summed E-state index contributed by atoms with van der Waals surface area (Å²) in [5.74, 6) is 0.593. The summed E-state index contributed by atoms with van der Waals surface area (Å²) >= 11 is 3.51. The van der Waals surface area contributed by atoms with Crippen molar-refractivity contribution >= 4 is 21.8 Å². The number of piperidine rings is 1. The van der Waals surface area contributed by atoms with Crippen LogP contribution >= 0.6 is 15.9 Å². The number of halogens is 1. The molecule has 1 saturated heterocycles. The highest BCUT2D eigenvalue weighted by atomic mass is 79.9. The van der Waals surface area contributed by atoms with Crippen molar-refractivity contribution in [2.45, 2.75) is 52.6 Å². The molecular weight excluding hydrogens is 332 g/mol. The first-order valence-electron chi connectivity index (χ1n) is 7.55. The Kier molecular flexibility index (Phi) is 4.83. The highest BCUT2D eigenvalue weighted by Gasteiger charge is 2.28. The molecule has 2 rings (SSSR count). The molecule has 1 amide bonds. The third-order valence-corrected chi connectivity index (χ3v) is 5.44. The molecule has 0 radical (unpaired) electrons. The first-order valence-corrected chi connectivity index (χ1v) is 8.34. The second-order valence-electron chi connectivity index (χ2n) is 6.82. The van der Waals surface area contributed by atoms with Crippen molar-refractivity contribution in [2.24, 2.45) is 5.92 Å². The molecule has 1 fully saturated rings. The number of nitrogens with zero attached hydrogens (tertiary/aromatic N) is 1. The Morgan fingerprint density at radius 1 is 1.38 bits per heavy atom. The van der Waals surface area contributed by atoms with Crippen LogP contribution in [-0.4, -0.2) is 39.6 Å². The highest BCUT2D eigenvalue weighted by Crippen LogP contribution is 2.29. The van der Waals surface area contributed by atoms with E-state index in [2.05, 4.69) is 20.9 Å². The quantitative estimate of drug-likeness (QED) is 0.871. The Labute approximate surface area is 135 Å². The smallest absolute Gasteiger partial charge is 0.270 e. The highest BCUT2D eigenvalue weighted by molar-refractivity contribution is 9.10. The summed E-state index contributed by atoms with van der Waals surface area (Å²) in [7, 11) is 0. The fraction of sp³-hybridized carbons (Fsp3) is 0.688. The predicted octanol–water partition coefficient (Wildman–Crippen LogP) is 3.41. The van der Waals surface area contributed by atoms with E-state index in [4.69, 9.17) is 0 Å². The molecule has 2 N–H and O–H groups in total. The topological polar surface area (TPSA) is 56.3 Å². The van der Waals surface area contributed by atoms with Crippen LogP contribution in [-0.2, 0) is 0 Å². The van der Waals surface area contributed by atoms with Gasteiger partial charge in [0.15, 0.2) is 0 Å². The number of nitrogens with one attached hydrogen (secondary N) is 1. The van der Waals surface area contributed by atoms with Gasteiger partial charge in [-0.1, -0.05) is 0 Å². The maximum atomic E-state index is 12.6. The second-order valence-corrected chi connectivity index (χ2v) is 7.61. The number of likely N-dealkylation sites (tertiary alicyclic amines) is 1. The first-order chi connectivity index (χ1) is 9.69. The minimum absolute atomic E-state index is 0.0861. The summed E-state index contributed by atoms with van der Waals surface area (Å²) in [5.41, 5.74) is 2.05. The lowest BCUT2D eigenvalue weighted by Crippen LogP contribution is -2.40. The molecule has 0 aromatic carbocycles. The van der Waals surface area contributed by atoms with Crippen LogP contribution < -0.4 is 0 Å². The van der Waals surface area contributed by atoms with E-state index in [1.807, 2.05) is 32.6 Å². The zero-order valence-corrected chi connectivity index (χ0v) is 14.9. The minimum atomic E-state index is -0.616. The normalized spacial score (nSPS) is 17.3. The third kappa shape index (κ3) is 3.89. The van der Waals surface area contributed by atoms with E-state index in [0.29, 0.717) is 11.6 Å². The first kappa shape index (κ1) is 16.6. The van der Waals surface area contributed by atoms with Gasteiger partial charge in [0.25, 0.3) is 5.91 Å². The molecule has 2 heterocycles. The molecule has 0 aliphatic carbocycles. The summed E-state index contributed by atoms with van der Waals surface area (Å²) in [5, 5.41) is 9.90. The average Bonchev–Trinajstić information content (AvgIpc) is 2.65. The number of H-pyrrole nitrogens is 1. The molecule has 1 aliphatic rings. The van der Waals surface area contributed by atoms with E-state index >= 15 is 0 Å². The van der Waals surface area contributed by atoms with E-state index in [-0.39, 0.29) is 5.91 Å². The molecule has 1 aromatic heterocycles. The summed E-state index contributed by atoms with van der Waals surface area (Å²) in [6.07, 6.45) is 2.74. The summed E-state index contributed by atoms with van der Waals surface area (Å²) in [6.45, 7) is 9.18. The second kappa shape index (κ2) is 6.13.